The summed E-state index contributed by atoms with van der Waals surface area (Å²) in [4.78, 5) is 37.0. The van der Waals surface area contributed by atoms with Gasteiger partial charge in [-0.3, -0.25) is 25.0 Å². The molecule has 0 saturated carbocycles. The average Bonchev–Trinajstić information content (AvgIpc) is 2.72. The minimum absolute atomic E-state index is 0.0296. The van der Waals surface area contributed by atoms with E-state index in [0.717, 1.165) is 0 Å². The zero-order valence-corrected chi connectivity index (χ0v) is 14.9. The van der Waals surface area contributed by atoms with Gasteiger partial charge < -0.3 is 14.5 Å². The molecule has 0 aliphatic carbocycles. The molecular weight excluding hydrogens is 368 g/mol. The van der Waals surface area contributed by atoms with Crippen molar-refractivity contribution in [2.45, 2.75) is 0 Å². The van der Waals surface area contributed by atoms with Crippen molar-refractivity contribution in [3.63, 3.8) is 0 Å². The third kappa shape index (κ3) is 4.17. The summed E-state index contributed by atoms with van der Waals surface area (Å²) in [5.41, 5.74) is 0.356. The smallest absolute Gasteiger partial charge is 0.310 e. The van der Waals surface area contributed by atoms with Crippen LogP contribution in [0.5, 0.6) is 5.75 Å². The Morgan fingerprint density at radius 2 is 1.46 bits per heavy atom. The topological polar surface area (TPSA) is 119 Å². The van der Waals surface area contributed by atoms with Crippen LogP contribution < -0.4 is 9.64 Å². The summed E-state index contributed by atoms with van der Waals surface area (Å²) >= 11 is 0. The predicted molar refractivity (Wildman–Crippen MR) is 100 cm³/mol. The van der Waals surface area contributed by atoms with Crippen LogP contribution in [0, 0.1) is 20.2 Å². The third-order valence-corrected chi connectivity index (χ3v) is 4.46. The van der Waals surface area contributed by atoms with Gasteiger partial charge in [-0.05, 0) is 12.1 Å². The standard InChI is InChI=1S/C18H18N4O6/c23-18(13-28-17-8-4-3-7-16(17)22(26)27)20-11-9-19(10-12-20)14-5-1-2-6-15(14)21(24)25/h1-8H,9-13H2. The number of carbonyl (C=O) groups is 1. The van der Waals surface area contributed by atoms with E-state index >= 15 is 0 Å². The first-order valence-corrected chi connectivity index (χ1v) is 8.59. The van der Waals surface area contributed by atoms with Crippen molar-refractivity contribution in [3.8, 4) is 5.75 Å². The van der Waals surface area contributed by atoms with E-state index in [1.807, 2.05) is 4.90 Å². The van der Waals surface area contributed by atoms with Crippen LogP contribution in [-0.2, 0) is 4.79 Å². The first-order valence-electron chi connectivity index (χ1n) is 8.59. The van der Waals surface area contributed by atoms with Crippen molar-refractivity contribution < 1.29 is 19.4 Å². The Morgan fingerprint density at radius 3 is 2.11 bits per heavy atom. The fraction of sp³-hybridized carbons (Fsp3) is 0.278. The van der Waals surface area contributed by atoms with E-state index in [0.29, 0.717) is 31.9 Å². The molecule has 1 amide bonds. The van der Waals surface area contributed by atoms with Gasteiger partial charge in [0.05, 0.1) is 9.85 Å². The molecule has 0 spiro atoms. The molecule has 10 heteroatoms. The lowest BCUT2D eigenvalue weighted by Gasteiger charge is -2.35. The quantitative estimate of drug-likeness (QED) is 0.551. The SMILES string of the molecule is O=C(COc1ccccc1[N+](=O)[O-])N1CCN(c2ccccc2[N+](=O)[O-])CC1. The normalized spacial score (nSPS) is 13.9. The van der Waals surface area contributed by atoms with Crippen LogP contribution in [0.25, 0.3) is 0 Å². The van der Waals surface area contributed by atoms with Gasteiger partial charge >= 0.3 is 5.69 Å². The molecule has 0 atom stereocenters. The van der Waals surface area contributed by atoms with Crippen LogP contribution in [0.15, 0.2) is 48.5 Å². The number of nitrogens with zero attached hydrogens (tertiary/aromatic N) is 4. The Hall–Kier alpha value is -3.69. The highest BCUT2D eigenvalue weighted by Gasteiger charge is 2.26. The number of piperazine rings is 1. The summed E-state index contributed by atoms with van der Waals surface area (Å²) in [6.45, 7) is 1.34. The second-order valence-electron chi connectivity index (χ2n) is 6.13. The van der Waals surface area contributed by atoms with E-state index in [1.165, 1.54) is 24.3 Å². The van der Waals surface area contributed by atoms with Gasteiger partial charge in [0.2, 0.25) is 0 Å². The molecule has 2 aromatic rings. The summed E-state index contributed by atoms with van der Waals surface area (Å²) in [5, 5.41) is 22.2. The molecule has 1 fully saturated rings. The predicted octanol–water partition coefficient (Wildman–Crippen LogP) is 2.23. The molecule has 0 N–H and O–H groups in total. The van der Waals surface area contributed by atoms with Crippen molar-refractivity contribution in [1.82, 2.24) is 4.90 Å². The lowest BCUT2D eigenvalue weighted by Crippen LogP contribution is -2.50. The summed E-state index contributed by atoms with van der Waals surface area (Å²) in [6, 6.07) is 12.4. The number of carbonyl (C=O) groups excluding carboxylic acids is 1. The summed E-state index contributed by atoms with van der Waals surface area (Å²) < 4.78 is 5.34. The van der Waals surface area contributed by atoms with Crippen LogP contribution in [0.4, 0.5) is 17.1 Å². The largest absolute Gasteiger partial charge is 0.477 e. The van der Waals surface area contributed by atoms with Gasteiger partial charge in [0.1, 0.15) is 5.69 Å². The second kappa shape index (κ2) is 8.33. The molecule has 0 radical (unpaired) electrons. The van der Waals surface area contributed by atoms with Gasteiger partial charge in [-0.1, -0.05) is 24.3 Å². The Labute approximate surface area is 160 Å². The van der Waals surface area contributed by atoms with Crippen LogP contribution in [0.1, 0.15) is 0 Å². The highest BCUT2D eigenvalue weighted by atomic mass is 16.6. The second-order valence-corrected chi connectivity index (χ2v) is 6.13. The van der Waals surface area contributed by atoms with Crippen LogP contribution in [0.3, 0.4) is 0 Å². The van der Waals surface area contributed by atoms with E-state index in [9.17, 15) is 25.0 Å². The van der Waals surface area contributed by atoms with Crippen molar-refractivity contribution in [1.29, 1.82) is 0 Å². The number of anilines is 1. The average molecular weight is 386 g/mol. The number of hydrogen-bond donors (Lipinski definition) is 0. The molecule has 3 rings (SSSR count). The fourth-order valence-electron chi connectivity index (χ4n) is 3.04. The van der Waals surface area contributed by atoms with Gasteiger partial charge in [0.15, 0.2) is 12.4 Å². The van der Waals surface area contributed by atoms with Crippen molar-refractivity contribution in [2.24, 2.45) is 0 Å². The minimum atomic E-state index is -0.564. The molecule has 1 heterocycles. The zero-order chi connectivity index (χ0) is 20.1. The van der Waals surface area contributed by atoms with E-state index < -0.39 is 9.85 Å². The molecule has 10 nitrogen and oxygen atoms in total. The first kappa shape index (κ1) is 19.1. The summed E-state index contributed by atoms with van der Waals surface area (Å²) in [7, 11) is 0. The van der Waals surface area contributed by atoms with Crippen molar-refractivity contribution >= 4 is 23.0 Å². The number of para-hydroxylation sites is 4. The number of benzene rings is 2. The lowest BCUT2D eigenvalue weighted by atomic mass is 10.2. The first-order chi connectivity index (χ1) is 13.5. The van der Waals surface area contributed by atoms with Crippen LogP contribution in [-0.4, -0.2) is 53.4 Å². The summed E-state index contributed by atoms with van der Waals surface area (Å²) in [6.07, 6.45) is 0. The highest BCUT2D eigenvalue weighted by molar-refractivity contribution is 5.78. The number of rotatable bonds is 6. The monoisotopic (exact) mass is 386 g/mol. The number of hydrogen-bond acceptors (Lipinski definition) is 7. The number of ether oxygens (including phenoxy) is 1. The van der Waals surface area contributed by atoms with Gasteiger partial charge in [0, 0.05) is 38.3 Å². The maximum atomic E-state index is 12.4. The van der Waals surface area contributed by atoms with E-state index in [-0.39, 0.29) is 29.6 Å². The van der Waals surface area contributed by atoms with E-state index in [1.54, 1.807) is 29.2 Å². The maximum absolute atomic E-state index is 12.4. The Kier molecular flexibility index (Phi) is 5.68. The molecule has 0 unspecified atom stereocenters. The third-order valence-electron chi connectivity index (χ3n) is 4.46. The van der Waals surface area contributed by atoms with E-state index in [2.05, 4.69) is 0 Å². The molecule has 1 aliphatic heterocycles. The Balaban J connectivity index is 1.58. The molecule has 0 bridgehead atoms. The van der Waals surface area contributed by atoms with Gasteiger partial charge in [-0.25, -0.2) is 0 Å². The highest BCUT2D eigenvalue weighted by Crippen LogP contribution is 2.28. The molecule has 28 heavy (non-hydrogen) atoms. The Bertz CT molecular complexity index is 895. The zero-order valence-electron chi connectivity index (χ0n) is 14.9. The Morgan fingerprint density at radius 1 is 0.893 bits per heavy atom. The molecule has 146 valence electrons. The molecule has 1 aliphatic rings. The molecule has 0 aromatic heterocycles. The minimum Gasteiger partial charge on any atom is -0.477 e. The van der Waals surface area contributed by atoms with Crippen LogP contribution >= 0.6 is 0 Å². The van der Waals surface area contributed by atoms with Gasteiger partial charge in [-0.15, -0.1) is 0 Å². The molecule has 2 aromatic carbocycles. The van der Waals surface area contributed by atoms with Gasteiger partial charge in [-0.2, -0.15) is 0 Å². The van der Waals surface area contributed by atoms with Crippen molar-refractivity contribution in [3.05, 3.63) is 68.8 Å². The maximum Gasteiger partial charge on any atom is 0.310 e. The number of nitro groups is 2. The van der Waals surface area contributed by atoms with E-state index in [4.69, 9.17) is 4.74 Å². The summed E-state index contributed by atoms with van der Waals surface area (Å²) in [5.74, 6) is -0.250. The van der Waals surface area contributed by atoms with Crippen molar-refractivity contribution in [2.75, 3.05) is 37.7 Å². The number of nitro benzene ring substituents is 2. The van der Waals surface area contributed by atoms with Gasteiger partial charge in [0.25, 0.3) is 11.6 Å². The molecular formula is C18H18N4O6. The number of amides is 1. The van der Waals surface area contributed by atoms with Crippen LogP contribution in [0.2, 0.25) is 0 Å². The molecule has 1 saturated heterocycles. The fourth-order valence-corrected chi connectivity index (χ4v) is 3.04. The lowest BCUT2D eigenvalue weighted by molar-refractivity contribution is -0.385.